The molecule has 112 valence electrons. The number of halogens is 1. The summed E-state index contributed by atoms with van der Waals surface area (Å²) in [5.41, 5.74) is 0. The van der Waals surface area contributed by atoms with Crippen LogP contribution in [0, 0.1) is 11.7 Å². The maximum atomic E-state index is 13.3. The minimum absolute atomic E-state index is 0.0375. The van der Waals surface area contributed by atoms with Crippen LogP contribution in [0.3, 0.4) is 0 Å². The van der Waals surface area contributed by atoms with Crippen LogP contribution < -0.4 is 5.32 Å². The predicted octanol–water partition coefficient (Wildman–Crippen LogP) is 2.77. The molecule has 5 heteroatoms. The van der Waals surface area contributed by atoms with Gasteiger partial charge < -0.3 is 5.32 Å². The summed E-state index contributed by atoms with van der Waals surface area (Å²) in [4.78, 5) is 0.0968. The number of hydrogen-bond donors (Lipinski definition) is 1. The lowest BCUT2D eigenvalue weighted by atomic mass is 9.87. The van der Waals surface area contributed by atoms with Gasteiger partial charge in [0.25, 0.3) is 0 Å². The second-order valence-electron chi connectivity index (χ2n) is 5.62. The van der Waals surface area contributed by atoms with E-state index < -0.39 is 20.9 Å². The minimum atomic E-state index is -3.49. The Kier molecular flexibility index (Phi) is 4.81. The first-order valence-electron chi connectivity index (χ1n) is 7.18. The topological polar surface area (TPSA) is 46.2 Å². The zero-order chi connectivity index (χ0) is 14.8. The lowest BCUT2D eigenvalue weighted by Crippen LogP contribution is -2.47. The summed E-state index contributed by atoms with van der Waals surface area (Å²) in [6.07, 6.45) is 2.53. The molecular weight excluding hydrogens is 277 g/mol. The molecule has 1 aromatic carbocycles. The van der Waals surface area contributed by atoms with E-state index in [0.717, 1.165) is 25.5 Å². The average molecular weight is 299 g/mol. The zero-order valence-corrected chi connectivity index (χ0v) is 12.8. The normalized spacial score (nSPS) is 27.4. The van der Waals surface area contributed by atoms with Crippen LogP contribution in [0.5, 0.6) is 0 Å². The summed E-state index contributed by atoms with van der Waals surface area (Å²) < 4.78 is 38.8. The van der Waals surface area contributed by atoms with Crippen molar-refractivity contribution in [2.45, 2.75) is 49.3 Å². The Bertz CT molecular complexity index is 559. The van der Waals surface area contributed by atoms with Crippen LogP contribution in [-0.2, 0) is 9.84 Å². The quantitative estimate of drug-likeness (QED) is 0.930. The van der Waals surface area contributed by atoms with E-state index in [1.165, 1.54) is 18.2 Å². The second-order valence-corrected chi connectivity index (χ2v) is 7.79. The molecule has 1 aliphatic rings. The van der Waals surface area contributed by atoms with Crippen LogP contribution in [-0.4, -0.2) is 26.3 Å². The van der Waals surface area contributed by atoms with Crippen LogP contribution in [0.1, 0.15) is 33.1 Å². The first-order valence-corrected chi connectivity index (χ1v) is 8.72. The lowest BCUT2D eigenvalue weighted by molar-refractivity contribution is 0.311. The first-order chi connectivity index (χ1) is 9.45. The van der Waals surface area contributed by atoms with Crippen molar-refractivity contribution in [3.63, 3.8) is 0 Å². The molecule has 3 unspecified atom stereocenters. The summed E-state index contributed by atoms with van der Waals surface area (Å²) in [7, 11) is -3.49. The van der Waals surface area contributed by atoms with Crippen molar-refractivity contribution in [1.29, 1.82) is 0 Å². The molecule has 1 aromatic rings. The van der Waals surface area contributed by atoms with Gasteiger partial charge >= 0.3 is 0 Å². The largest absolute Gasteiger partial charge is 0.313 e. The predicted molar refractivity (Wildman–Crippen MR) is 77.9 cm³/mol. The first kappa shape index (κ1) is 15.4. The summed E-state index contributed by atoms with van der Waals surface area (Å²) in [6.45, 7) is 4.80. The fourth-order valence-electron chi connectivity index (χ4n) is 2.99. The highest BCUT2D eigenvalue weighted by Crippen LogP contribution is 2.32. The molecule has 3 atom stereocenters. The molecule has 0 aromatic heterocycles. The van der Waals surface area contributed by atoms with Gasteiger partial charge in [-0.15, -0.1) is 0 Å². The van der Waals surface area contributed by atoms with E-state index in [1.807, 2.05) is 6.92 Å². The van der Waals surface area contributed by atoms with E-state index in [4.69, 9.17) is 0 Å². The zero-order valence-electron chi connectivity index (χ0n) is 12.0. The van der Waals surface area contributed by atoms with Crippen LogP contribution in [0.25, 0.3) is 0 Å². The number of nitrogens with one attached hydrogen (secondary N) is 1. The molecule has 0 bridgehead atoms. The van der Waals surface area contributed by atoms with Crippen LogP contribution in [0.15, 0.2) is 29.2 Å². The van der Waals surface area contributed by atoms with Crippen LogP contribution in [0.2, 0.25) is 0 Å². The summed E-state index contributed by atoms with van der Waals surface area (Å²) in [6, 6.07) is 5.30. The molecule has 3 nitrogen and oxygen atoms in total. The van der Waals surface area contributed by atoms with Crippen LogP contribution >= 0.6 is 0 Å². The van der Waals surface area contributed by atoms with Gasteiger partial charge in [-0.1, -0.05) is 19.9 Å². The minimum Gasteiger partial charge on any atom is -0.313 e. The Morgan fingerprint density at radius 2 is 2.10 bits per heavy atom. The van der Waals surface area contributed by atoms with Crippen molar-refractivity contribution < 1.29 is 12.8 Å². The molecule has 1 N–H and O–H groups in total. The van der Waals surface area contributed by atoms with Gasteiger partial charge in [0.15, 0.2) is 9.84 Å². The smallest absolute Gasteiger partial charge is 0.182 e. The van der Waals surface area contributed by atoms with Crippen molar-refractivity contribution in [2.75, 3.05) is 6.54 Å². The van der Waals surface area contributed by atoms with Gasteiger partial charge in [0.2, 0.25) is 0 Å². The molecule has 2 rings (SSSR count). The van der Waals surface area contributed by atoms with E-state index in [0.29, 0.717) is 12.3 Å². The standard InChI is InChI=1S/C15H22FNO2S/c1-3-17-14-8-7-11(2)9-15(14)20(18,19)13-6-4-5-12(16)10-13/h4-6,10-11,14-15,17H,3,7-9H2,1-2H3. The van der Waals surface area contributed by atoms with Gasteiger partial charge in [-0.25, -0.2) is 12.8 Å². The van der Waals surface area contributed by atoms with Gasteiger partial charge in [0.1, 0.15) is 5.82 Å². The fraction of sp³-hybridized carbons (Fsp3) is 0.600. The number of benzene rings is 1. The van der Waals surface area contributed by atoms with Crippen molar-refractivity contribution in [1.82, 2.24) is 5.32 Å². The van der Waals surface area contributed by atoms with Gasteiger partial charge in [-0.2, -0.15) is 0 Å². The van der Waals surface area contributed by atoms with Crippen LogP contribution in [0.4, 0.5) is 4.39 Å². The maximum Gasteiger partial charge on any atom is 0.182 e. The number of rotatable bonds is 4. The molecule has 0 saturated heterocycles. The Hall–Kier alpha value is -0.940. The highest BCUT2D eigenvalue weighted by molar-refractivity contribution is 7.92. The Labute approximate surface area is 120 Å². The third-order valence-electron chi connectivity index (χ3n) is 4.04. The van der Waals surface area contributed by atoms with Gasteiger partial charge in [-0.3, -0.25) is 0 Å². The Morgan fingerprint density at radius 1 is 1.35 bits per heavy atom. The van der Waals surface area contributed by atoms with Gasteiger partial charge in [0.05, 0.1) is 10.1 Å². The summed E-state index contributed by atoms with van der Waals surface area (Å²) in [5, 5.41) is 2.81. The molecule has 0 heterocycles. The molecule has 1 fully saturated rings. The fourth-order valence-corrected chi connectivity index (χ4v) is 5.13. The maximum absolute atomic E-state index is 13.3. The summed E-state index contributed by atoms with van der Waals surface area (Å²) >= 11 is 0. The highest BCUT2D eigenvalue weighted by Gasteiger charge is 2.38. The van der Waals surface area contributed by atoms with Gasteiger partial charge in [0, 0.05) is 6.04 Å². The molecule has 0 amide bonds. The monoisotopic (exact) mass is 299 g/mol. The SMILES string of the molecule is CCNC1CCC(C)CC1S(=O)(=O)c1cccc(F)c1. The molecule has 0 radical (unpaired) electrons. The van der Waals surface area contributed by atoms with E-state index in [1.54, 1.807) is 0 Å². The third kappa shape index (κ3) is 3.20. The Morgan fingerprint density at radius 3 is 2.75 bits per heavy atom. The van der Waals surface area contributed by atoms with Crippen molar-refractivity contribution in [2.24, 2.45) is 5.92 Å². The number of hydrogen-bond acceptors (Lipinski definition) is 3. The Balaban J connectivity index is 2.34. The van der Waals surface area contributed by atoms with E-state index in [2.05, 4.69) is 12.2 Å². The van der Waals surface area contributed by atoms with Crippen molar-refractivity contribution in [3.8, 4) is 0 Å². The average Bonchev–Trinajstić information content (AvgIpc) is 2.41. The number of sulfone groups is 1. The van der Waals surface area contributed by atoms with Crippen molar-refractivity contribution in [3.05, 3.63) is 30.1 Å². The molecular formula is C15H22FNO2S. The highest BCUT2D eigenvalue weighted by atomic mass is 32.2. The van der Waals surface area contributed by atoms with Crippen molar-refractivity contribution >= 4 is 9.84 Å². The van der Waals surface area contributed by atoms with E-state index in [-0.39, 0.29) is 10.9 Å². The lowest BCUT2D eigenvalue weighted by Gasteiger charge is -2.35. The summed E-state index contributed by atoms with van der Waals surface area (Å²) in [5.74, 6) is -0.117. The molecule has 1 saturated carbocycles. The molecule has 0 spiro atoms. The van der Waals surface area contributed by atoms with E-state index >= 15 is 0 Å². The molecule has 0 aliphatic heterocycles. The second kappa shape index (κ2) is 6.22. The van der Waals surface area contributed by atoms with Gasteiger partial charge in [-0.05, 0) is 49.9 Å². The molecule has 1 aliphatic carbocycles. The third-order valence-corrected chi connectivity index (χ3v) is 6.27. The van der Waals surface area contributed by atoms with E-state index in [9.17, 15) is 12.8 Å². The molecule has 20 heavy (non-hydrogen) atoms.